The maximum absolute atomic E-state index is 13.0. The number of carbonyl (C=O) groups is 1. The largest absolute Gasteiger partial charge is 0.497 e. The fourth-order valence-corrected chi connectivity index (χ4v) is 4.45. The molecule has 2 aromatic carbocycles. The normalized spacial score (nSPS) is 21.9. The summed E-state index contributed by atoms with van der Waals surface area (Å²) >= 11 is 35.0. The van der Waals surface area contributed by atoms with Crippen LogP contribution in [0.25, 0.3) is 0 Å². The fourth-order valence-electron chi connectivity index (χ4n) is 4.15. The van der Waals surface area contributed by atoms with Crippen LogP contribution in [0.4, 0.5) is 4.79 Å². The van der Waals surface area contributed by atoms with Gasteiger partial charge in [0.25, 0.3) is 3.79 Å². The van der Waals surface area contributed by atoms with Crippen LogP contribution in [0.5, 0.6) is 5.75 Å². The lowest BCUT2D eigenvalue weighted by molar-refractivity contribution is -0.272. The lowest BCUT2D eigenvalue weighted by Gasteiger charge is -2.46. The van der Waals surface area contributed by atoms with Crippen molar-refractivity contribution in [2.75, 3.05) is 26.9 Å². The number of hydrogen-bond acceptors (Lipinski definition) is 9. The van der Waals surface area contributed by atoms with E-state index in [0.29, 0.717) is 5.75 Å². The number of carbonyl (C=O) groups excluding carboxylic acids is 1. The van der Waals surface area contributed by atoms with Crippen LogP contribution in [0.2, 0.25) is 0 Å². The van der Waals surface area contributed by atoms with Crippen molar-refractivity contribution in [3.8, 4) is 5.75 Å². The molecule has 1 unspecified atom stereocenters. The summed E-state index contributed by atoms with van der Waals surface area (Å²) in [7, 11) is 1.56. The Labute approximate surface area is 291 Å². The molecule has 5 atom stereocenters. The van der Waals surface area contributed by atoms with Crippen molar-refractivity contribution in [1.82, 2.24) is 5.32 Å². The molecule has 16 heteroatoms. The summed E-state index contributed by atoms with van der Waals surface area (Å²) in [5.74, 6) is -0.120. The van der Waals surface area contributed by atoms with Crippen LogP contribution in [0.15, 0.2) is 67.3 Å². The molecule has 0 aromatic heterocycles. The molecule has 10 nitrogen and oxygen atoms in total. The van der Waals surface area contributed by atoms with E-state index in [-0.39, 0.29) is 26.4 Å². The van der Waals surface area contributed by atoms with Gasteiger partial charge >= 0.3 is 6.09 Å². The molecule has 3 rings (SSSR count). The van der Waals surface area contributed by atoms with Gasteiger partial charge in [-0.15, -0.1) is 6.58 Å². The van der Waals surface area contributed by atoms with E-state index in [1.807, 2.05) is 42.5 Å². The lowest BCUT2D eigenvalue weighted by atomic mass is 9.96. The average Bonchev–Trinajstić information content (AvgIpc) is 2.99. The Balaban J connectivity index is 2.00. The molecular weight excluding hydrogens is 717 g/mol. The molecular formula is C29H32Cl6N2O8. The monoisotopic (exact) mass is 746 g/mol. The molecule has 0 bridgehead atoms. The van der Waals surface area contributed by atoms with Crippen LogP contribution in [0, 0.1) is 5.41 Å². The van der Waals surface area contributed by atoms with E-state index in [0.717, 1.165) is 11.1 Å². The van der Waals surface area contributed by atoms with Gasteiger partial charge in [0.2, 0.25) is 16.0 Å². The predicted octanol–water partition coefficient (Wildman–Crippen LogP) is 6.92. The molecule has 1 heterocycles. The minimum Gasteiger partial charge on any atom is -0.497 e. The van der Waals surface area contributed by atoms with Gasteiger partial charge in [-0.3, -0.25) is 5.41 Å². The molecule has 45 heavy (non-hydrogen) atoms. The minimum atomic E-state index is -2.25. The van der Waals surface area contributed by atoms with Gasteiger partial charge < -0.3 is 38.5 Å². The standard InChI is InChI=1S/C29H32Cl6N2O8/c1-3-13-40-16-21-23(41-14-18-7-5-4-6-8-18)24(42-15-19-9-11-20(39-2)12-10-19)22(37-27(38)43-17-28(30,31)32)25(44-21)45-26(36)29(33,34)35/h3-12,21-25,36H,1,13-17H2,2H3,(H,37,38)/t21-,22-,23-,24-,25?/m1/s1. The number of hydrogen-bond donors (Lipinski definition) is 2. The Bertz CT molecular complexity index is 1230. The first-order valence-electron chi connectivity index (χ1n) is 13.4. The van der Waals surface area contributed by atoms with Gasteiger partial charge in [0.15, 0.2) is 0 Å². The highest BCUT2D eigenvalue weighted by Gasteiger charge is 2.51. The van der Waals surface area contributed by atoms with Crippen LogP contribution in [-0.2, 0) is 41.6 Å². The van der Waals surface area contributed by atoms with Gasteiger partial charge in [-0.1, -0.05) is 118 Å². The number of alkyl halides is 6. The first-order chi connectivity index (χ1) is 21.3. The summed E-state index contributed by atoms with van der Waals surface area (Å²) in [4.78, 5) is 13.0. The number of benzene rings is 2. The van der Waals surface area contributed by atoms with Crippen molar-refractivity contribution in [1.29, 1.82) is 5.41 Å². The van der Waals surface area contributed by atoms with Crippen molar-refractivity contribution < 1.29 is 38.0 Å². The second-order valence-corrected chi connectivity index (χ2v) is 14.4. The zero-order chi connectivity index (χ0) is 33.0. The van der Waals surface area contributed by atoms with Crippen molar-refractivity contribution in [3.05, 3.63) is 78.4 Å². The van der Waals surface area contributed by atoms with Gasteiger partial charge in [-0.05, 0) is 23.3 Å². The summed E-state index contributed by atoms with van der Waals surface area (Å²) in [6.07, 6.45) is -3.66. The Morgan fingerprint density at radius 2 is 1.60 bits per heavy atom. The average molecular weight is 749 g/mol. The molecule has 0 spiro atoms. The van der Waals surface area contributed by atoms with Crippen LogP contribution < -0.4 is 10.1 Å². The molecule has 1 amide bonds. The van der Waals surface area contributed by atoms with Crippen LogP contribution in [0.3, 0.4) is 0 Å². The third kappa shape index (κ3) is 12.8. The summed E-state index contributed by atoms with van der Waals surface area (Å²) in [6, 6.07) is 15.4. The second-order valence-electron chi connectivity index (χ2n) is 9.56. The van der Waals surface area contributed by atoms with E-state index in [2.05, 4.69) is 11.9 Å². The molecule has 1 fully saturated rings. The number of amides is 1. The summed E-state index contributed by atoms with van der Waals surface area (Å²) < 4.78 is 36.6. The fraction of sp³-hybridized carbons (Fsp3) is 0.448. The smallest absolute Gasteiger partial charge is 0.407 e. The number of halogens is 6. The second kappa shape index (κ2) is 18.0. The number of methoxy groups -OCH3 is 1. The first-order valence-corrected chi connectivity index (χ1v) is 15.6. The van der Waals surface area contributed by atoms with E-state index in [4.69, 9.17) is 108 Å². The maximum Gasteiger partial charge on any atom is 0.407 e. The van der Waals surface area contributed by atoms with Crippen molar-refractivity contribution in [3.63, 3.8) is 0 Å². The third-order valence-electron chi connectivity index (χ3n) is 6.19. The number of rotatable bonds is 14. The zero-order valence-corrected chi connectivity index (χ0v) is 28.5. The number of nitrogens with one attached hydrogen (secondary N) is 2. The SMILES string of the molecule is C=CCOC[C@H]1OC(OC(=N)C(Cl)(Cl)Cl)[C@H](NC(=O)OCC(Cl)(Cl)Cl)[C@@H](OCc2ccc(OC)cc2)[C@@H]1OCc1ccccc1. The van der Waals surface area contributed by atoms with Crippen molar-refractivity contribution in [2.24, 2.45) is 0 Å². The molecule has 248 valence electrons. The van der Waals surface area contributed by atoms with Gasteiger partial charge in [0.1, 0.15) is 36.7 Å². The van der Waals surface area contributed by atoms with Gasteiger partial charge in [-0.25, -0.2) is 4.79 Å². The Kier molecular flexibility index (Phi) is 15.1. The highest BCUT2D eigenvalue weighted by molar-refractivity contribution is 6.76. The Hall–Kier alpha value is -1.70. The summed E-state index contributed by atoms with van der Waals surface area (Å²) in [5.41, 5.74) is 1.63. The molecule has 2 N–H and O–H groups in total. The summed E-state index contributed by atoms with van der Waals surface area (Å²) in [5, 5.41) is 10.8. The maximum atomic E-state index is 13.0. The first kappa shape index (κ1) is 37.8. The molecule has 0 aliphatic carbocycles. The van der Waals surface area contributed by atoms with Gasteiger partial charge in [0, 0.05) is 0 Å². The van der Waals surface area contributed by atoms with E-state index in [1.54, 1.807) is 25.3 Å². The summed E-state index contributed by atoms with van der Waals surface area (Å²) in [6.45, 7) is 3.48. The van der Waals surface area contributed by atoms with E-state index >= 15 is 0 Å². The number of alkyl carbamates (subject to hydrolysis) is 1. The molecule has 1 saturated heterocycles. The van der Waals surface area contributed by atoms with Gasteiger partial charge in [-0.2, -0.15) is 0 Å². The molecule has 0 radical (unpaired) electrons. The van der Waals surface area contributed by atoms with Gasteiger partial charge in [0.05, 0.1) is 33.5 Å². The minimum absolute atomic E-state index is 0.0146. The lowest BCUT2D eigenvalue weighted by Crippen LogP contribution is -2.66. The van der Waals surface area contributed by atoms with E-state index in [9.17, 15) is 4.79 Å². The quantitative estimate of drug-likeness (QED) is 0.0704. The van der Waals surface area contributed by atoms with Crippen LogP contribution in [0.1, 0.15) is 11.1 Å². The highest BCUT2D eigenvalue weighted by atomic mass is 35.6. The molecule has 0 saturated carbocycles. The Morgan fingerprint density at radius 3 is 2.18 bits per heavy atom. The highest BCUT2D eigenvalue weighted by Crippen LogP contribution is 2.33. The predicted molar refractivity (Wildman–Crippen MR) is 174 cm³/mol. The van der Waals surface area contributed by atoms with Crippen LogP contribution in [-0.4, -0.2) is 77.2 Å². The Morgan fingerprint density at radius 1 is 0.978 bits per heavy atom. The topological polar surface area (TPSA) is 118 Å². The molecule has 1 aliphatic rings. The van der Waals surface area contributed by atoms with Crippen LogP contribution >= 0.6 is 69.6 Å². The van der Waals surface area contributed by atoms with Crippen molar-refractivity contribution >= 4 is 81.6 Å². The van der Waals surface area contributed by atoms with E-state index < -0.39 is 56.8 Å². The van der Waals surface area contributed by atoms with Crippen molar-refractivity contribution in [2.45, 2.75) is 51.4 Å². The third-order valence-corrected chi connectivity index (χ3v) is 7.04. The molecule has 1 aliphatic heterocycles. The number of ether oxygens (including phenoxy) is 7. The van der Waals surface area contributed by atoms with E-state index in [1.165, 1.54) is 0 Å². The zero-order valence-electron chi connectivity index (χ0n) is 23.9. The molecule has 2 aromatic rings.